The smallest absolute Gasteiger partial charge is 0.259 e. The second-order valence-electron chi connectivity index (χ2n) is 6.50. The van der Waals surface area contributed by atoms with E-state index >= 15 is 0 Å². The molecule has 30 heavy (non-hydrogen) atoms. The van der Waals surface area contributed by atoms with E-state index in [1.165, 1.54) is 0 Å². The third-order valence-corrected chi connectivity index (χ3v) is 4.81. The standard InChI is InChI=1S/C22H14ClN3O4/c23-14-7-5-13(6-8-14)20-25-22(30-26-20)17-4-2-1-3-16(17)21(27)24-15-9-10-18-19(11-15)29-12-28-18/h1-11H,12H2,(H,24,27). The van der Waals surface area contributed by atoms with Gasteiger partial charge < -0.3 is 19.3 Å². The second kappa shape index (κ2) is 7.53. The van der Waals surface area contributed by atoms with E-state index in [-0.39, 0.29) is 18.6 Å². The number of hydrogen-bond acceptors (Lipinski definition) is 6. The van der Waals surface area contributed by atoms with Crippen LogP contribution in [0.5, 0.6) is 11.5 Å². The van der Waals surface area contributed by atoms with Gasteiger partial charge in [0.05, 0.1) is 11.1 Å². The number of aromatic nitrogens is 2. The SMILES string of the molecule is O=C(Nc1ccc2c(c1)OCO2)c1ccccc1-c1nc(-c2ccc(Cl)cc2)no1. The molecule has 0 bridgehead atoms. The van der Waals surface area contributed by atoms with Crippen LogP contribution in [0.15, 0.2) is 71.3 Å². The third-order valence-electron chi connectivity index (χ3n) is 4.56. The number of ether oxygens (including phenoxy) is 2. The highest BCUT2D eigenvalue weighted by Gasteiger charge is 2.19. The fraction of sp³-hybridized carbons (Fsp3) is 0.0455. The van der Waals surface area contributed by atoms with Crippen LogP contribution in [0.1, 0.15) is 10.4 Å². The van der Waals surface area contributed by atoms with Crippen LogP contribution in [0, 0.1) is 0 Å². The first-order chi connectivity index (χ1) is 14.7. The average molecular weight is 420 g/mol. The van der Waals surface area contributed by atoms with Gasteiger partial charge in [-0.2, -0.15) is 4.98 Å². The van der Waals surface area contributed by atoms with Crippen molar-refractivity contribution in [1.29, 1.82) is 0 Å². The van der Waals surface area contributed by atoms with Gasteiger partial charge in [0.25, 0.3) is 11.8 Å². The van der Waals surface area contributed by atoms with Gasteiger partial charge in [0.1, 0.15) is 0 Å². The van der Waals surface area contributed by atoms with Crippen LogP contribution in [-0.2, 0) is 0 Å². The number of rotatable bonds is 4. The molecule has 0 aliphatic carbocycles. The molecular formula is C22H14ClN3O4. The molecule has 0 saturated carbocycles. The highest BCUT2D eigenvalue weighted by atomic mass is 35.5. The van der Waals surface area contributed by atoms with E-state index in [2.05, 4.69) is 15.5 Å². The van der Waals surface area contributed by atoms with Crippen molar-refractivity contribution in [2.75, 3.05) is 12.1 Å². The van der Waals surface area contributed by atoms with Crippen molar-refractivity contribution in [3.8, 4) is 34.3 Å². The maximum Gasteiger partial charge on any atom is 0.259 e. The van der Waals surface area contributed by atoms with Gasteiger partial charge in [-0.25, -0.2) is 0 Å². The summed E-state index contributed by atoms with van der Waals surface area (Å²) in [7, 11) is 0. The summed E-state index contributed by atoms with van der Waals surface area (Å²) >= 11 is 5.93. The monoisotopic (exact) mass is 419 g/mol. The minimum Gasteiger partial charge on any atom is -0.454 e. The molecule has 5 rings (SSSR count). The lowest BCUT2D eigenvalue weighted by molar-refractivity contribution is 0.102. The van der Waals surface area contributed by atoms with Gasteiger partial charge in [-0.3, -0.25) is 4.79 Å². The molecule has 1 amide bonds. The Hall–Kier alpha value is -3.84. The highest BCUT2D eigenvalue weighted by Crippen LogP contribution is 2.34. The fourth-order valence-electron chi connectivity index (χ4n) is 3.09. The van der Waals surface area contributed by atoms with Crippen LogP contribution in [0.25, 0.3) is 22.8 Å². The molecule has 0 atom stereocenters. The Bertz CT molecular complexity index is 1240. The largest absolute Gasteiger partial charge is 0.454 e. The number of nitrogens with one attached hydrogen (secondary N) is 1. The maximum atomic E-state index is 12.9. The Morgan fingerprint density at radius 3 is 2.63 bits per heavy atom. The Labute approximate surface area is 176 Å². The first-order valence-electron chi connectivity index (χ1n) is 9.07. The van der Waals surface area contributed by atoms with Crippen molar-refractivity contribution in [2.24, 2.45) is 0 Å². The number of benzene rings is 3. The predicted molar refractivity (Wildman–Crippen MR) is 111 cm³/mol. The van der Waals surface area contributed by atoms with Crippen LogP contribution in [0.2, 0.25) is 5.02 Å². The summed E-state index contributed by atoms with van der Waals surface area (Å²) in [5.41, 5.74) is 2.29. The Balaban J connectivity index is 1.43. The third kappa shape index (κ3) is 3.46. The zero-order chi connectivity index (χ0) is 20.5. The summed E-state index contributed by atoms with van der Waals surface area (Å²) in [5, 5.41) is 7.51. The lowest BCUT2D eigenvalue weighted by Crippen LogP contribution is -2.13. The van der Waals surface area contributed by atoms with Crippen molar-refractivity contribution in [2.45, 2.75) is 0 Å². The first kappa shape index (κ1) is 18.2. The molecule has 0 saturated heterocycles. The van der Waals surface area contributed by atoms with E-state index < -0.39 is 0 Å². The number of carbonyl (C=O) groups excluding carboxylic acids is 1. The van der Waals surface area contributed by atoms with E-state index in [9.17, 15) is 4.79 Å². The van der Waals surface area contributed by atoms with Crippen LogP contribution in [-0.4, -0.2) is 22.8 Å². The van der Waals surface area contributed by atoms with E-state index in [4.69, 9.17) is 25.6 Å². The van der Waals surface area contributed by atoms with E-state index in [0.717, 1.165) is 5.56 Å². The lowest BCUT2D eigenvalue weighted by Gasteiger charge is -2.08. The molecule has 3 aromatic carbocycles. The van der Waals surface area contributed by atoms with Gasteiger partial charge in [0, 0.05) is 22.3 Å². The molecule has 1 N–H and O–H groups in total. The van der Waals surface area contributed by atoms with Crippen LogP contribution >= 0.6 is 11.6 Å². The van der Waals surface area contributed by atoms with Gasteiger partial charge in [0.15, 0.2) is 11.5 Å². The molecule has 0 spiro atoms. The van der Waals surface area contributed by atoms with Gasteiger partial charge in [-0.1, -0.05) is 28.9 Å². The summed E-state index contributed by atoms with van der Waals surface area (Å²) < 4.78 is 16.1. The van der Waals surface area contributed by atoms with Gasteiger partial charge in [-0.15, -0.1) is 0 Å². The Kier molecular flexibility index (Phi) is 4.57. The molecule has 1 aromatic heterocycles. The summed E-state index contributed by atoms with van der Waals surface area (Å²) in [6.45, 7) is 0.169. The van der Waals surface area contributed by atoms with Gasteiger partial charge in [-0.05, 0) is 48.5 Å². The topological polar surface area (TPSA) is 86.5 Å². The molecule has 1 aliphatic rings. The predicted octanol–water partition coefficient (Wildman–Crippen LogP) is 5.04. The summed E-state index contributed by atoms with van der Waals surface area (Å²) in [6.07, 6.45) is 0. The molecular weight excluding hydrogens is 406 g/mol. The minimum atomic E-state index is -0.310. The number of fused-ring (bicyclic) bond motifs is 1. The van der Waals surface area contributed by atoms with E-state index in [0.29, 0.717) is 39.2 Å². The molecule has 2 heterocycles. The van der Waals surface area contributed by atoms with E-state index in [1.807, 2.05) is 0 Å². The van der Waals surface area contributed by atoms with Crippen molar-refractivity contribution in [1.82, 2.24) is 10.1 Å². The average Bonchev–Trinajstić information content (AvgIpc) is 3.44. The number of nitrogens with zero attached hydrogens (tertiary/aromatic N) is 2. The number of hydrogen-bond donors (Lipinski definition) is 1. The quantitative estimate of drug-likeness (QED) is 0.498. The van der Waals surface area contributed by atoms with Gasteiger partial charge >= 0.3 is 0 Å². The van der Waals surface area contributed by atoms with Crippen molar-refractivity contribution < 1.29 is 18.8 Å². The van der Waals surface area contributed by atoms with Crippen LogP contribution < -0.4 is 14.8 Å². The van der Waals surface area contributed by atoms with Crippen LogP contribution in [0.4, 0.5) is 5.69 Å². The molecule has 0 unspecified atom stereocenters. The van der Waals surface area contributed by atoms with Gasteiger partial charge in [0.2, 0.25) is 12.6 Å². The Morgan fingerprint density at radius 1 is 0.967 bits per heavy atom. The fourth-order valence-corrected chi connectivity index (χ4v) is 3.22. The van der Waals surface area contributed by atoms with Crippen LogP contribution in [0.3, 0.4) is 0 Å². The van der Waals surface area contributed by atoms with Crippen molar-refractivity contribution >= 4 is 23.2 Å². The van der Waals surface area contributed by atoms with E-state index in [1.54, 1.807) is 66.7 Å². The number of carbonyl (C=O) groups is 1. The zero-order valence-corrected chi connectivity index (χ0v) is 16.2. The summed E-state index contributed by atoms with van der Waals surface area (Å²) in [5.74, 6) is 1.58. The molecule has 8 heteroatoms. The first-order valence-corrected chi connectivity index (χ1v) is 9.45. The number of amides is 1. The zero-order valence-electron chi connectivity index (χ0n) is 15.5. The number of halogens is 1. The molecule has 1 aliphatic heterocycles. The molecule has 7 nitrogen and oxygen atoms in total. The summed E-state index contributed by atoms with van der Waals surface area (Å²) in [6, 6.07) is 19.3. The lowest BCUT2D eigenvalue weighted by atomic mass is 10.1. The molecule has 4 aromatic rings. The van der Waals surface area contributed by atoms with Crippen molar-refractivity contribution in [3.05, 3.63) is 77.3 Å². The maximum absolute atomic E-state index is 12.9. The normalized spacial score (nSPS) is 12.0. The van der Waals surface area contributed by atoms with Crippen molar-refractivity contribution in [3.63, 3.8) is 0 Å². The molecule has 0 radical (unpaired) electrons. The number of anilines is 1. The minimum absolute atomic E-state index is 0.169. The highest BCUT2D eigenvalue weighted by molar-refractivity contribution is 6.30. The second-order valence-corrected chi connectivity index (χ2v) is 6.93. The Morgan fingerprint density at radius 2 is 1.77 bits per heavy atom. The molecule has 148 valence electrons. The summed E-state index contributed by atoms with van der Waals surface area (Å²) in [4.78, 5) is 17.4. The molecule has 0 fully saturated rings.